The molecule has 1 aliphatic heterocycles. The van der Waals surface area contributed by atoms with Crippen molar-refractivity contribution in [3.05, 3.63) is 46.0 Å². The van der Waals surface area contributed by atoms with Crippen LogP contribution in [0.15, 0.2) is 33.7 Å². The van der Waals surface area contributed by atoms with Gasteiger partial charge >= 0.3 is 6.36 Å². The molecule has 2 aliphatic rings. The quantitative estimate of drug-likeness (QED) is 0.574. The Morgan fingerprint density at radius 3 is 2.76 bits per heavy atom. The van der Waals surface area contributed by atoms with Crippen molar-refractivity contribution >= 4 is 33.4 Å². The molecule has 4 rings (SSSR count). The third kappa shape index (κ3) is 5.56. The van der Waals surface area contributed by atoms with Gasteiger partial charge in [0, 0.05) is 22.0 Å². The minimum Gasteiger partial charge on any atom is -0.406 e. The summed E-state index contributed by atoms with van der Waals surface area (Å²) in [7, 11) is 0. The van der Waals surface area contributed by atoms with Gasteiger partial charge in [-0.15, -0.1) is 18.3 Å². The van der Waals surface area contributed by atoms with E-state index in [1.165, 1.54) is 10.7 Å². The number of amides is 1. The summed E-state index contributed by atoms with van der Waals surface area (Å²) in [6, 6.07) is 4.85. The highest BCUT2D eigenvalue weighted by atomic mass is 79.9. The predicted octanol–water partition coefficient (Wildman–Crippen LogP) is 4.02. The van der Waals surface area contributed by atoms with Crippen LogP contribution in [-0.4, -0.2) is 38.9 Å². The molecule has 34 heavy (non-hydrogen) atoms. The van der Waals surface area contributed by atoms with Crippen LogP contribution in [0, 0.1) is 11.3 Å². The normalized spacial score (nSPS) is 18.8. The van der Waals surface area contributed by atoms with Crippen LogP contribution in [0.4, 0.5) is 13.2 Å². The predicted molar refractivity (Wildman–Crippen MR) is 119 cm³/mol. The van der Waals surface area contributed by atoms with Gasteiger partial charge in [-0.1, -0.05) is 15.9 Å². The molecule has 0 spiro atoms. The van der Waals surface area contributed by atoms with E-state index >= 15 is 0 Å². The van der Waals surface area contributed by atoms with Gasteiger partial charge in [-0.2, -0.15) is 9.94 Å². The summed E-state index contributed by atoms with van der Waals surface area (Å²) in [4.78, 5) is 21.7. The molecule has 1 saturated carbocycles. The fourth-order valence-electron chi connectivity index (χ4n) is 3.39. The number of hydrogen-bond acceptors (Lipinski definition) is 7. The number of aromatic nitrogens is 3. The first-order valence-corrected chi connectivity index (χ1v) is 11.1. The van der Waals surface area contributed by atoms with Gasteiger partial charge in [0.1, 0.15) is 29.5 Å². The molecule has 1 fully saturated rings. The number of nitrogens with zero attached hydrogens (tertiary/aromatic N) is 5. The fraction of sp³-hybridized carbons (Fsp3) is 0.381. The maximum absolute atomic E-state index is 12.9. The lowest BCUT2D eigenvalue weighted by Crippen LogP contribution is -2.34. The zero-order chi connectivity index (χ0) is 24.6. The van der Waals surface area contributed by atoms with Crippen LogP contribution in [0.25, 0.3) is 5.82 Å². The number of rotatable bonds is 6. The molecule has 13 heteroatoms. The third-order valence-electron chi connectivity index (χ3n) is 5.00. The van der Waals surface area contributed by atoms with Crippen molar-refractivity contribution in [2.24, 2.45) is 4.99 Å². The van der Waals surface area contributed by atoms with E-state index in [9.17, 15) is 23.2 Å². The van der Waals surface area contributed by atoms with Gasteiger partial charge in [-0.05, 0) is 44.9 Å². The SMILES string of the molecule is CC1N=C(C#N)C=C(n2nc(C3CC3)nc2[C@H](C)NC(=O)c2cc(Br)cc(OC(F)(F)F)c2)N1. The summed E-state index contributed by atoms with van der Waals surface area (Å²) in [5.74, 6) is 0.589. The van der Waals surface area contributed by atoms with Crippen LogP contribution >= 0.6 is 15.9 Å². The summed E-state index contributed by atoms with van der Waals surface area (Å²) in [6.45, 7) is 3.47. The molecule has 1 amide bonds. The molecule has 1 aromatic heterocycles. The van der Waals surface area contributed by atoms with E-state index in [0.29, 0.717) is 17.5 Å². The number of alkyl halides is 3. The summed E-state index contributed by atoms with van der Waals surface area (Å²) in [6.07, 6.45) is -1.80. The molecular weight excluding hydrogens is 519 g/mol. The highest BCUT2D eigenvalue weighted by molar-refractivity contribution is 9.10. The molecule has 2 aromatic rings. The van der Waals surface area contributed by atoms with Crippen LogP contribution < -0.4 is 15.4 Å². The van der Waals surface area contributed by atoms with E-state index < -0.39 is 24.1 Å². The number of carbonyl (C=O) groups excluding carboxylic acids is 1. The Kier molecular flexibility index (Phi) is 6.35. The molecule has 178 valence electrons. The van der Waals surface area contributed by atoms with Crippen molar-refractivity contribution in [2.45, 2.75) is 51.2 Å². The monoisotopic (exact) mass is 537 g/mol. The molecule has 1 aromatic carbocycles. The first-order chi connectivity index (χ1) is 16.0. The Bertz CT molecular complexity index is 1230. The minimum absolute atomic E-state index is 0.0310. The summed E-state index contributed by atoms with van der Waals surface area (Å²) >= 11 is 3.10. The van der Waals surface area contributed by atoms with Gasteiger partial charge in [0.15, 0.2) is 11.6 Å². The summed E-state index contributed by atoms with van der Waals surface area (Å²) in [5.41, 5.74) is 0.190. The number of nitriles is 1. The molecule has 0 bridgehead atoms. The molecule has 2 N–H and O–H groups in total. The topological polar surface area (TPSA) is 117 Å². The third-order valence-corrected chi connectivity index (χ3v) is 5.46. The van der Waals surface area contributed by atoms with Gasteiger partial charge < -0.3 is 15.4 Å². The number of halogens is 4. The summed E-state index contributed by atoms with van der Waals surface area (Å²) < 4.78 is 43.6. The second kappa shape index (κ2) is 9.09. The molecule has 9 nitrogen and oxygen atoms in total. The Balaban J connectivity index is 1.61. The van der Waals surface area contributed by atoms with E-state index in [0.717, 1.165) is 25.0 Å². The number of hydrogen-bond donors (Lipinski definition) is 2. The van der Waals surface area contributed by atoms with Gasteiger partial charge in [0.2, 0.25) is 0 Å². The minimum atomic E-state index is -4.89. The van der Waals surface area contributed by atoms with Crippen molar-refractivity contribution in [3.63, 3.8) is 0 Å². The van der Waals surface area contributed by atoms with Gasteiger partial charge in [0.05, 0.1) is 6.04 Å². The first kappa shape index (κ1) is 23.7. The van der Waals surface area contributed by atoms with E-state index in [1.54, 1.807) is 19.9 Å². The highest BCUT2D eigenvalue weighted by Gasteiger charge is 2.33. The van der Waals surface area contributed by atoms with Crippen LogP contribution in [-0.2, 0) is 0 Å². The lowest BCUT2D eigenvalue weighted by atomic mass is 10.2. The Labute approximate surface area is 200 Å². The van der Waals surface area contributed by atoms with Gasteiger partial charge in [0.25, 0.3) is 5.91 Å². The number of carbonyl (C=O) groups is 1. The molecule has 2 atom stereocenters. The van der Waals surface area contributed by atoms with E-state index in [4.69, 9.17) is 0 Å². The molecule has 1 unspecified atom stereocenters. The van der Waals surface area contributed by atoms with E-state index in [-0.39, 0.29) is 27.8 Å². The van der Waals surface area contributed by atoms with Gasteiger partial charge in [-0.25, -0.2) is 9.98 Å². The first-order valence-electron chi connectivity index (χ1n) is 10.3. The second-order valence-corrected chi connectivity index (χ2v) is 8.82. The Hall–Kier alpha value is -3.40. The van der Waals surface area contributed by atoms with Crippen LogP contribution in [0.1, 0.15) is 60.7 Å². The molecule has 0 saturated heterocycles. The fourth-order valence-corrected chi connectivity index (χ4v) is 3.86. The lowest BCUT2D eigenvalue weighted by Gasteiger charge is -2.21. The number of ether oxygens (including phenoxy) is 1. The maximum Gasteiger partial charge on any atom is 0.573 e. The molecule has 2 heterocycles. The van der Waals surface area contributed by atoms with E-state index in [2.05, 4.69) is 46.4 Å². The van der Waals surface area contributed by atoms with Crippen molar-refractivity contribution in [2.75, 3.05) is 0 Å². The average Bonchev–Trinajstić information content (AvgIpc) is 3.49. The summed E-state index contributed by atoms with van der Waals surface area (Å²) in [5, 5.41) is 19.7. The molecule has 0 radical (unpaired) electrons. The van der Waals surface area contributed by atoms with Crippen molar-refractivity contribution in [1.29, 1.82) is 5.26 Å². The zero-order valence-electron chi connectivity index (χ0n) is 18.0. The molecular formula is C21H19BrF3N7O2. The smallest absolute Gasteiger partial charge is 0.406 e. The number of benzene rings is 1. The van der Waals surface area contributed by atoms with Crippen molar-refractivity contribution < 1.29 is 22.7 Å². The van der Waals surface area contributed by atoms with Crippen LogP contribution in [0.2, 0.25) is 0 Å². The van der Waals surface area contributed by atoms with Crippen LogP contribution in [0.3, 0.4) is 0 Å². The highest BCUT2D eigenvalue weighted by Crippen LogP contribution is 2.39. The number of aliphatic imine (C=N–C) groups is 1. The number of allylic oxidation sites excluding steroid dienone is 1. The maximum atomic E-state index is 12.9. The molecule has 1 aliphatic carbocycles. The Morgan fingerprint density at radius 2 is 2.12 bits per heavy atom. The number of nitrogens with one attached hydrogen (secondary N) is 2. The standard InChI is InChI=1S/C21H19BrF3N7O2/c1-10(27-20(33)13-5-14(22)7-16(6-13)34-21(23,24)25)19-30-18(12-3-4-12)31-32(19)17-8-15(9-26)28-11(2)29-17/h5-8,10-12,29H,3-4H2,1-2H3,(H,27,33)/t10-,11?/m0/s1. The van der Waals surface area contributed by atoms with Gasteiger partial charge in [-0.3, -0.25) is 4.79 Å². The average molecular weight is 538 g/mol. The lowest BCUT2D eigenvalue weighted by molar-refractivity contribution is -0.274. The largest absolute Gasteiger partial charge is 0.573 e. The zero-order valence-corrected chi connectivity index (χ0v) is 19.6. The van der Waals surface area contributed by atoms with E-state index in [1.807, 2.05) is 6.07 Å². The van der Waals surface area contributed by atoms with Crippen molar-refractivity contribution in [3.8, 4) is 11.8 Å². The Morgan fingerprint density at radius 1 is 1.38 bits per heavy atom. The van der Waals surface area contributed by atoms with Crippen LogP contribution in [0.5, 0.6) is 5.75 Å². The van der Waals surface area contributed by atoms with Crippen molar-refractivity contribution in [1.82, 2.24) is 25.4 Å². The second-order valence-electron chi connectivity index (χ2n) is 7.91.